The van der Waals surface area contributed by atoms with Crippen LogP contribution in [0.15, 0.2) is 0 Å². The van der Waals surface area contributed by atoms with Crippen molar-refractivity contribution < 1.29 is 19.4 Å². The Morgan fingerprint density at radius 3 is 2.42 bits per heavy atom. The number of hydrogen-bond acceptors (Lipinski definition) is 3. The number of carboxylic acid groups (broad SMARTS) is 1. The summed E-state index contributed by atoms with van der Waals surface area (Å²) in [5.74, 6) is -0.888. The highest BCUT2D eigenvalue weighted by atomic mass is 16.5. The number of hydrogen-bond donors (Lipinski definition) is 2. The summed E-state index contributed by atoms with van der Waals surface area (Å²) in [6, 6.07) is 0.145. The predicted octanol–water partition coefficient (Wildman–Crippen LogP) is 1.71. The van der Waals surface area contributed by atoms with Gasteiger partial charge >= 0.3 is 5.97 Å². The number of aliphatic carboxylic acids is 1. The Hall–Kier alpha value is -1.10. The fourth-order valence-electron chi connectivity index (χ4n) is 2.95. The third kappa shape index (κ3) is 4.49. The van der Waals surface area contributed by atoms with Crippen molar-refractivity contribution in [2.45, 2.75) is 63.5 Å². The molecule has 2 fully saturated rings. The molecule has 0 aromatic carbocycles. The molecule has 1 amide bonds. The van der Waals surface area contributed by atoms with Gasteiger partial charge in [-0.05, 0) is 44.9 Å². The van der Waals surface area contributed by atoms with Crippen LogP contribution in [0, 0.1) is 5.92 Å². The highest BCUT2D eigenvalue weighted by Gasteiger charge is 2.27. The van der Waals surface area contributed by atoms with Crippen LogP contribution >= 0.6 is 0 Å². The van der Waals surface area contributed by atoms with Crippen LogP contribution in [-0.2, 0) is 14.3 Å². The molecule has 0 aromatic rings. The normalized spacial score (nSPS) is 31.7. The van der Waals surface area contributed by atoms with Crippen LogP contribution in [0.25, 0.3) is 0 Å². The van der Waals surface area contributed by atoms with E-state index < -0.39 is 5.97 Å². The smallest absolute Gasteiger partial charge is 0.306 e. The number of carboxylic acids is 1. The molecule has 1 atom stereocenters. The quantitative estimate of drug-likeness (QED) is 0.814. The van der Waals surface area contributed by atoms with E-state index in [1.165, 1.54) is 0 Å². The summed E-state index contributed by atoms with van der Waals surface area (Å²) in [7, 11) is 0. The van der Waals surface area contributed by atoms with Crippen molar-refractivity contribution in [3.05, 3.63) is 0 Å². The lowest BCUT2D eigenvalue weighted by Crippen LogP contribution is -2.40. The predicted molar refractivity (Wildman–Crippen MR) is 69.7 cm³/mol. The van der Waals surface area contributed by atoms with Gasteiger partial charge in [-0.2, -0.15) is 0 Å². The maximum atomic E-state index is 11.9. The van der Waals surface area contributed by atoms with Gasteiger partial charge in [0.25, 0.3) is 0 Å². The molecule has 1 saturated heterocycles. The van der Waals surface area contributed by atoms with E-state index in [2.05, 4.69) is 5.32 Å². The molecule has 5 heteroatoms. The largest absolute Gasteiger partial charge is 0.481 e. The third-order valence-electron chi connectivity index (χ3n) is 4.13. The van der Waals surface area contributed by atoms with Gasteiger partial charge in [0.2, 0.25) is 5.91 Å². The van der Waals surface area contributed by atoms with Crippen molar-refractivity contribution in [1.82, 2.24) is 5.32 Å². The van der Waals surface area contributed by atoms with Crippen molar-refractivity contribution in [2.24, 2.45) is 5.92 Å². The molecule has 1 aliphatic heterocycles. The molecule has 0 aromatic heterocycles. The Balaban J connectivity index is 1.67. The summed E-state index contributed by atoms with van der Waals surface area (Å²) in [4.78, 5) is 22.7. The summed E-state index contributed by atoms with van der Waals surface area (Å²) < 4.78 is 5.55. The van der Waals surface area contributed by atoms with E-state index in [1.807, 2.05) is 0 Å². The van der Waals surface area contributed by atoms with Crippen LogP contribution in [0.5, 0.6) is 0 Å². The molecule has 2 aliphatic rings. The molecule has 1 heterocycles. The molecular formula is C14H23NO4. The van der Waals surface area contributed by atoms with Crippen molar-refractivity contribution >= 4 is 11.9 Å². The number of nitrogens with one attached hydrogen (secondary N) is 1. The molecule has 1 aliphatic carbocycles. The fourth-order valence-corrected chi connectivity index (χ4v) is 2.95. The Bertz CT molecular complexity index is 317. The van der Waals surface area contributed by atoms with Crippen molar-refractivity contribution in [1.29, 1.82) is 0 Å². The number of carbonyl (C=O) groups excluding carboxylic acids is 1. The molecule has 1 saturated carbocycles. The summed E-state index contributed by atoms with van der Waals surface area (Å²) >= 11 is 0. The van der Waals surface area contributed by atoms with E-state index in [9.17, 15) is 9.59 Å². The Labute approximate surface area is 113 Å². The van der Waals surface area contributed by atoms with Gasteiger partial charge in [-0.25, -0.2) is 0 Å². The van der Waals surface area contributed by atoms with Gasteiger partial charge in [0, 0.05) is 12.6 Å². The maximum Gasteiger partial charge on any atom is 0.306 e. The van der Waals surface area contributed by atoms with Crippen LogP contribution in [0.2, 0.25) is 0 Å². The summed E-state index contributed by atoms with van der Waals surface area (Å²) in [5.41, 5.74) is 0. The second-order valence-electron chi connectivity index (χ2n) is 5.65. The lowest BCUT2D eigenvalue weighted by molar-refractivity contribution is -0.142. The topological polar surface area (TPSA) is 75.6 Å². The summed E-state index contributed by atoms with van der Waals surface area (Å²) in [6.07, 6.45) is 6.60. The van der Waals surface area contributed by atoms with Gasteiger partial charge < -0.3 is 15.2 Å². The van der Waals surface area contributed by atoms with Crippen LogP contribution in [0.1, 0.15) is 51.4 Å². The number of amides is 1. The maximum absolute atomic E-state index is 11.9. The molecule has 0 spiro atoms. The van der Waals surface area contributed by atoms with Crippen molar-refractivity contribution in [3.63, 3.8) is 0 Å². The van der Waals surface area contributed by atoms with E-state index in [-0.39, 0.29) is 24.0 Å². The number of rotatable bonds is 4. The molecule has 1 unspecified atom stereocenters. The third-order valence-corrected chi connectivity index (χ3v) is 4.13. The second kappa shape index (κ2) is 6.89. The SMILES string of the molecule is O=C(CC1CCCCO1)NC1CCC(C(=O)O)CC1. The van der Waals surface area contributed by atoms with E-state index in [1.54, 1.807) is 0 Å². The first kappa shape index (κ1) is 14.3. The number of ether oxygens (including phenoxy) is 1. The average molecular weight is 269 g/mol. The minimum absolute atomic E-state index is 0.0469. The van der Waals surface area contributed by atoms with E-state index in [4.69, 9.17) is 9.84 Å². The van der Waals surface area contributed by atoms with Gasteiger partial charge in [0.15, 0.2) is 0 Å². The zero-order chi connectivity index (χ0) is 13.7. The van der Waals surface area contributed by atoms with E-state index in [0.29, 0.717) is 19.3 Å². The van der Waals surface area contributed by atoms with Crippen molar-refractivity contribution in [3.8, 4) is 0 Å². The first-order valence-corrected chi connectivity index (χ1v) is 7.29. The molecule has 108 valence electrons. The van der Waals surface area contributed by atoms with Gasteiger partial charge in [0.1, 0.15) is 0 Å². The van der Waals surface area contributed by atoms with Gasteiger partial charge in [-0.1, -0.05) is 0 Å². The van der Waals surface area contributed by atoms with Crippen molar-refractivity contribution in [2.75, 3.05) is 6.61 Å². The molecule has 5 nitrogen and oxygen atoms in total. The van der Waals surface area contributed by atoms with Crippen LogP contribution in [0.3, 0.4) is 0 Å². The van der Waals surface area contributed by atoms with Crippen LogP contribution in [-0.4, -0.2) is 35.7 Å². The van der Waals surface area contributed by atoms with E-state index in [0.717, 1.165) is 38.7 Å². The highest BCUT2D eigenvalue weighted by Crippen LogP contribution is 2.24. The summed E-state index contributed by atoms with van der Waals surface area (Å²) in [6.45, 7) is 0.766. The zero-order valence-electron chi connectivity index (χ0n) is 11.3. The van der Waals surface area contributed by atoms with Gasteiger partial charge in [-0.3, -0.25) is 9.59 Å². The van der Waals surface area contributed by atoms with Gasteiger partial charge in [0.05, 0.1) is 18.4 Å². The minimum atomic E-state index is -0.708. The lowest BCUT2D eigenvalue weighted by atomic mass is 9.86. The standard InChI is InChI=1S/C14H23NO4/c16-13(9-12-3-1-2-8-19-12)15-11-6-4-10(5-7-11)14(17)18/h10-12H,1-9H2,(H,15,16)(H,17,18). The molecule has 19 heavy (non-hydrogen) atoms. The Morgan fingerprint density at radius 2 is 1.84 bits per heavy atom. The molecule has 0 bridgehead atoms. The second-order valence-corrected chi connectivity index (χ2v) is 5.65. The minimum Gasteiger partial charge on any atom is -0.481 e. The first-order chi connectivity index (χ1) is 9.15. The monoisotopic (exact) mass is 269 g/mol. The van der Waals surface area contributed by atoms with Crippen LogP contribution < -0.4 is 5.32 Å². The number of carbonyl (C=O) groups is 2. The molecule has 0 radical (unpaired) electrons. The summed E-state index contributed by atoms with van der Waals surface area (Å²) in [5, 5.41) is 11.9. The lowest BCUT2D eigenvalue weighted by Gasteiger charge is -2.28. The molecular weight excluding hydrogens is 246 g/mol. The van der Waals surface area contributed by atoms with Gasteiger partial charge in [-0.15, -0.1) is 0 Å². The molecule has 2 N–H and O–H groups in total. The zero-order valence-corrected chi connectivity index (χ0v) is 11.3. The Kier molecular flexibility index (Phi) is 5.19. The average Bonchev–Trinajstić information content (AvgIpc) is 2.40. The van der Waals surface area contributed by atoms with Crippen LogP contribution in [0.4, 0.5) is 0 Å². The van der Waals surface area contributed by atoms with E-state index >= 15 is 0 Å². The Morgan fingerprint density at radius 1 is 1.11 bits per heavy atom. The first-order valence-electron chi connectivity index (χ1n) is 7.29. The fraction of sp³-hybridized carbons (Fsp3) is 0.857. The molecule has 2 rings (SSSR count). The highest BCUT2D eigenvalue weighted by molar-refractivity contribution is 5.77.